The molecular weight excluding hydrogens is 242 g/mol. The SMILES string of the molecule is CN(CC(=O)NC[C@@H]1CCCCO1)C1CCNCC1. The van der Waals surface area contributed by atoms with E-state index in [0.29, 0.717) is 19.1 Å². The number of piperidine rings is 1. The molecule has 0 aromatic heterocycles. The number of rotatable bonds is 5. The van der Waals surface area contributed by atoms with Gasteiger partial charge in [0, 0.05) is 19.2 Å². The number of nitrogens with zero attached hydrogens (tertiary/aromatic N) is 1. The van der Waals surface area contributed by atoms with Gasteiger partial charge in [0.25, 0.3) is 0 Å². The van der Waals surface area contributed by atoms with Crippen LogP contribution >= 0.6 is 0 Å². The van der Waals surface area contributed by atoms with E-state index in [1.54, 1.807) is 0 Å². The minimum absolute atomic E-state index is 0.121. The molecule has 2 heterocycles. The lowest BCUT2D eigenvalue weighted by Gasteiger charge is -2.31. The minimum Gasteiger partial charge on any atom is -0.376 e. The standard InChI is InChI=1S/C14H27N3O2/c1-17(12-5-7-15-8-6-12)11-14(18)16-10-13-4-2-3-9-19-13/h12-13,15H,2-11H2,1H3,(H,16,18)/t13-/m0/s1. The van der Waals surface area contributed by atoms with Crippen molar-refractivity contribution in [2.45, 2.75) is 44.2 Å². The van der Waals surface area contributed by atoms with Crippen molar-refractivity contribution in [3.63, 3.8) is 0 Å². The molecule has 0 bridgehead atoms. The van der Waals surface area contributed by atoms with Crippen molar-refractivity contribution in [2.75, 3.05) is 39.8 Å². The van der Waals surface area contributed by atoms with Crippen LogP contribution in [0.3, 0.4) is 0 Å². The lowest BCUT2D eigenvalue weighted by atomic mass is 10.1. The van der Waals surface area contributed by atoms with Gasteiger partial charge in [0.2, 0.25) is 5.91 Å². The normalized spacial score (nSPS) is 25.5. The van der Waals surface area contributed by atoms with E-state index < -0.39 is 0 Å². The molecule has 2 N–H and O–H groups in total. The van der Waals surface area contributed by atoms with Gasteiger partial charge in [-0.05, 0) is 52.2 Å². The highest BCUT2D eigenvalue weighted by Gasteiger charge is 2.20. The molecule has 0 aromatic rings. The van der Waals surface area contributed by atoms with Crippen molar-refractivity contribution in [1.82, 2.24) is 15.5 Å². The van der Waals surface area contributed by atoms with Gasteiger partial charge < -0.3 is 15.4 Å². The molecule has 0 aliphatic carbocycles. The molecule has 110 valence electrons. The Bertz CT molecular complexity index is 274. The van der Waals surface area contributed by atoms with Crippen LogP contribution in [-0.2, 0) is 9.53 Å². The molecule has 5 nitrogen and oxygen atoms in total. The molecule has 0 radical (unpaired) electrons. The Morgan fingerprint density at radius 1 is 1.32 bits per heavy atom. The fourth-order valence-corrected chi connectivity index (χ4v) is 2.86. The highest BCUT2D eigenvalue weighted by Crippen LogP contribution is 2.12. The van der Waals surface area contributed by atoms with Gasteiger partial charge in [0.15, 0.2) is 0 Å². The van der Waals surface area contributed by atoms with Crippen LogP contribution in [0.15, 0.2) is 0 Å². The quantitative estimate of drug-likeness (QED) is 0.756. The van der Waals surface area contributed by atoms with Crippen LogP contribution in [-0.4, -0.2) is 62.8 Å². The van der Waals surface area contributed by atoms with E-state index in [2.05, 4.69) is 15.5 Å². The molecule has 0 unspecified atom stereocenters. The van der Waals surface area contributed by atoms with E-state index in [4.69, 9.17) is 4.74 Å². The zero-order valence-corrected chi connectivity index (χ0v) is 12.0. The maximum atomic E-state index is 11.9. The summed E-state index contributed by atoms with van der Waals surface area (Å²) in [5, 5.41) is 6.35. The topological polar surface area (TPSA) is 53.6 Å². The molecule has 2 saturated heterocycles. The zero-order valence-electron chi connectivity index (χ0n) is 12.0. The van der Waals surface area contributed by atoms with E-state index >= 15 is 0 Å². The first kappa shape index (κ1) is 14.8. The summed E-state index contributed by atoms with van der Waals surface area (Å²) in [6, 6.07) is 0.540. The van der Waals surface area contributed by atoms with Crippen LogP contribution in [0.1, 0.15) is 32.1 Å². The predicted molar refractivity (Wildman–Crippen MR) is 75.1 cm³/mol. The molecule has 19 heavy (non-hydrogen) atoms. The Balaban J connectivity index is 1.62. The number of amides is 1. The van der Waals surface area contributed by atoms with Crippen molar-refractivity contribution >= 4 is 5.91 Å². The highest BCUT2D eigenvalue weighted by atomic mass is 16.5. The maximum Gasteiger partial charge on any atom is 0.234 e. The molecule has 2 rings (SSSR count). The molecule has 5 heteroatoms. The third-order valence-corrected chi connectivity index (χ3v) is 4.13. The van der Waals surface area contributed by atoms with Gasteiger partial charge in [-0.3, -0.25) is 9.69 Å². The Labute approximate surface area is 116 Å². The van der Waals surface area contributed by atoms with Crippen LogP contribution in [0.4, 0.5) is 0 Å². The van der Waals surface area contributed by atoms with Crippen LogP contribution < -0.4 is 10.6 Å². The number of hydrogen-bond acceptors (Lipinski definition) is 4. The lowest BCUT2D eigenvalue weighted by Crippen LogP contribution is -2.46. The molecule has 0 aromatic carbocycles. The van der Waals surface area contributed by atoms with Crippen LogP contribution in [0.25, 0.3) is 0 Å². The first-order valence-corrected chi connectivity index (χ1v) is 7.55. The molecule has 2 aliphatic heterocycles. The van der Waals surface area contributed by atoms with E-state index in [1.807, 2.05) is 7.05 Å². The van der Waals surface area contributed by atoms with Crippen molar-refractivity contribution in [3.8, 4) is 0 Å². The number of carbonyl (C=O) groups is 1. The minimum atomic E-state index is 0.121. The van der Waals surface area contributed by atoms with Crippen molar-refractivity contribution in [1.29, 1.82) is 0 Å². The fourth-order valence-electron chi connectivity index (χ4n) is 2.86. The van der Waals surface area contributed by atoms with Gasteiger partial charge in [-0.15, -0.1) is 0 Å². The maximum absolute atomic E-state index is 11.9. The molecule has 2 fully saturated rings. The smallest absolute Gasteiger partial charge is 0.234 e. The van der Waals surface area contributed by atoms with Gasteiger partial charge >= 0.3 is 0 Å². The number of nitrogens with one attached hydrogen (secondary N) is 2. The largest absolute Gasteiger partial charge is 0.376 e. The first-order valence-electron chi connectivity index (χ1n) is 7.55. The third kappa shape index (κ3) is 5.09. The van der Waals surface area contributed by atoms with E-state index in [-0.39, 0.29) is 12.0 Å². The van der Waals surface area contributed by atoms with Gasteiger partial charge in [0.05, 0.1) is 12.6 Å². The Morgan fingerprint density at radius 3 is 2.79 bits per heavy atom. The van der Waals surface area contributed by atoms with Gasteiger partial charge in [-0.2, -0.15) is 0 Å². The average Bonchev–Trinajstić information content (AvgIpc) is 2.47. The van der Waals surface area contributed by atoms with Gasteiger partial charge in [-0.25, -0.2) is 0 Å². The van der Waals surface area contributed by atoms with Crippen LogP contribution in [0.5, 0.6) is 0 Å². The molecule has 2 aliphatic rings. The number of hydrogen-bond donors (Lipinski definition) is 2. The summed E-state index contributed by atoms with van der Waals surface area (Å²) in [5.41, 5.74) is 0. The molecular formula is C14H27N3O2. The summed E-state index contributed by atoms with van der Waals surface area (Å²) in [7, 11) is 2.05. The number of likely N-dealkylation sites (N-methyl/N-ethyl adjacent to an activating group) is 1. The zero-order chi connectivity index (χ0) is 13.5. The summed E-state index contributed by atoms with van der Waals surface area (Å²) in [5.74, 6) is 0.121. The number of carbonyl (C=O) groups excluding carboxylic acids is 1. The van der Waals surface area contributed by atoms with Crippen molar-refractivity contribution in [3.05, 3.63) is 0 Å². The average molecular weight is 269 g/mol. The second-order valence-electron chi connectivity index (χ2n) is 5.69. The summed E-state index contributed by atoms with van der Waals surface area (Å²) in [4.78, 5) is 14.1. The summed E-state index contributed by atoms with van der Waals surface area (Å²) in [6.07, 6.45) is 5.94. The third-order valence-electron chi connectivity index (χ3n) is 4.13. The van der Waals surface area contributed by atoms with Crippen LogP contribution in [0.2, 0.25) is 0 Å². The second-order valence-corrected chi connectivity index (χ2v) is 5.69. The van der Waals surface area contributed by atoms with E-state index in [0.717, 1.165) is 45.4 Å². The lowest BCUT2D eigenvalue weighted by molar-refractivity contribution is -0.123. The van der Waals surface area contributed by atoms with Crippen molar-refractivity contribution < 1.29 is 9.53 Å². The molecule has 0 spiro atoms. The predicted octanol–water partition coefficient (Wildman–Crippen LogP) is 0.356. The molecule has 0 saturated carbocycles. The first-order chi connectivity index (χ1) is 9.25. The summed E-state index contributed by atoms with van der Waals surface area (Å²) < 4.78 is 5.61. The summed E-state index contributed by atoms with van der Waals surface area (Å²) >= 11 is 0. The Morgan fingerprint density at radius 2 is 2.11 bits per heavy atom. The highest BCUT2D eigenvalue weighted by molar-refractivity contribution is 5.78. The van der Waals surface area contributed by atoms with E-state index in [1.165, 1.54) is 6.42 Å². The van der Waals surface area contributed by atoms with Gasteiger partial charge in [0.1, 0.15) is 0 Å². The molecule has 1 amide bonds. The van der Waals surface area contributed by atoms with E-state index in [9.17, 15) is 4.79 Å². The fraction of sp³-hybridized carbons (Fsp3) is 0.929. The Hall–Kier alpha value is -0.650. The summed E-state index contributed by atoms with van der Waals surface area (Å²) in [6.45, 7) is 4.13. The Kier molecular flexibility index (Phi) is 6.07. The second kappa shape index (κ2) is 7.82. The monoisotopic (exact) mass is 269 g/mol. The van der Waals surface area contributed by atoms with Crippen molar-refractivity contribution in [2.24, 2.45) is 0 Å². The van der Waals surface area contributed by atoms with Crippen LogP contribution in [0, 0.1) is 0 Å². The number of ether oxygens (including phenoxy) is 1. The molecule has 1 atom stereocenters. The van der Waals surface area contributed by atoms with Gasteiger partial charge in [-0.1, -0.05) is 0 Å².